The minimum atomic E-state index is -1.26. The highest BCUT2D eigenvalue weighted by atomic mass is 16.4. The molecule has 1 aromatic rings. The minimum Gasteiger partial charge on any atom is -0.478 e. The lowest BCUT2D eigenvalue weighted by molar-refractivity contribution is -0.134. The third kappa shape index (κ3) is 7.92. The largest absolute Gasteiger partial charge is 0.478 e. The Bertz CT molecular complexity index is 572. The Morgan fingerprint density at radius 3 is 1.96 bits per heavy atom. The minimum absolute atomic E-state index is 0.0554. The van der Waals surface area contributed by atoms with Crippen molar-refractivity contribution in [3.05, 3.63) is 47.5 Å². The van der Waals surface area contributed by atoms with E-state index in [1.165, 1.54) is 18.4 Å². The molecule has 1 aliphatic carbocycles. The molecule has 0 radical (unpaired) electrons. The van der Waals surface area contributed by atoms with E-state index in [0.717, 1.165) is 5.56 Å². The first kappa shape index (κ1) is 18.6. The second kappa shape index (κ2) is 8.85. The summed E-state index contributed by atoms with van der Waals surface area (Å²) in [5.41, 5.74) is 2.00. The van der Waals surface area contributed by atoms with Crippen LogP contribution in [0.5, 0.6) is 0 Å². The maximum absolute atomic E-state index is 12.0. The highest BCUT2D eigenvalue weighted by molar-refractivity contribution is 5.99. The summed E-state index contributed by atoms with van der Waals surface area (Å²) in [6, 6.07) is 8.30. The molecular formula is C17H21NO5. The molecule has 0 amide bonds. The van der Waals surface area contributed by atoms with Gasteiger partial charge in [-0.1, -0.05) is 29.8 Å². The summed E-state index contributed by atoms with van der Waals surface area (Å²) >= 11 is 0. The van der Waals surface area contributed by atoms with Crippen LogP contribution >= 0.6 is 0 Å². The summed E-state index contributed by atoms with van der Waals surface area (Å²) in [4.78, 5) is 31.1. The van der Waals surface area contributed by atoms with Crippen LogP contribution in [0.4, 0.5) is 0 Å². The second-order valence-electron chi connectivity index (χ2n) is 5.40. The molecular weight excluding hydrogens is 298 g/mol. The van der Waals surface area contributed by atoms with Crippen molar-refractivity contribution in [3.8, 4) is 0 Å². The molecule has 0 bridgehead atoms. The maximum atomic E-state index is 12.0. The van der Waals surface area contributed by atoms with Crippen LogP contribution in [0.3, 0.4) is 0 Å². The number of rotatable bonds is 6. The number of nitrogens with one attached hydrogen (secondary N) is 1. The van der Waals surface area contributed by atoms with Crippen LogP contribution < -0.4 is 5.32 Å². The van der Waals surface area contributed by atoms with Crippen molar-refractivity contribution >= 4 is 17.7 Å². The normalized spacial score (nSPS) is 14.7. The lowest BCUT2D eigenvalue weighted by Gasteiger charge is -2.11. The highest BCUT2D eigenvalue weighted by Crippen LogP contribution is 2.20. The van der Waals surface area contributed by atoms with Crippen LogP contribution in [0.1, 0.15) is 35.7 Å². The van der Waals surface area contributed by atoms with Gasteiger partial charge in [0.25, 0.3) is 0 Å². The molecule has 124 valence electrons. The summed E-state index contributed by atoms with van der Waals surface area (Å²) < 4.78 is 0. The first-order valence-corrected chi connectivity index (χ1v) is 7.30. The van der Waals surface area contributed by atoms with Crippen molar-refractivity contribution in [3.63, 3.8) is 0 Å². The van der Waals surface area contributed by atoms with Gasteiger partial charge in [0, 0.05) is 23.8 Å². The molecule has 6 nitrogen and oxygen atoms in total. The molecule has 1 atom stereocenters. The summed E-state index contributed by atoms with van der Waals surface area (Å²) in [6.45, 7) is 3.97. The van der Waals surface area contributed by atoms with Gasteiger partial charge in [0.1, 0.15) is 0 Å². The summed E-state index contributed by atoms with van der Waals surface area (Å²) in [5, 5.41) is 18.9. The number of Topliss-reactive ketones (excluding diaryl/α,β-unsaturated/α-hetero) is 1. The molecule has 2 rings (SSSR count). The van der Waals surface area contributed by atoms with Gasteiger partial charge >= 0.3 is 11.9 Å². The van der Waals surface area contributed by atoms with E-state index >= 15 is 0 Å². The zero-order valence-electron chi connectivity index (χ0n) is 13.2. The molecule has 1 fully saturated rings. The van der Waals surface area contributed by atoms with Gasteiger partial charge in [-0.05, 0) is 26.7 Å². The van der Waals surface area contributed by atoms with Gasteiger partial charge in [-0.2, -0.15) is 0 Å². The number of carbonyl (C=O) groups excluding carboxylic acids is 1. The molecule has 6 heteroatoms. The Balaban J connectivity index is 0.000000284. The standard InChI is InChI=1S/C13H17NO.C4H4O4/c1-9-3-5-11(6-4-9)13(15)10(2)14-12-7-8-12;5-3(6)1-2-4(7)8/h3-6,10,12,14H,7-8H2,1-2H3;1-2H,(H,5,6)(H,7,8)/b;2-1+. The predicted octanol–water partition coefficient (Wildman–Crippen LogP) is 2.03. The molecule has 0 saturated heterocycles. The lowest BCUT2D eigenvalue weighted by atomic mass is 10.0. The number of ketones is 1. The van der Waals surface area contributed by atoms with Gasteiger partial charge in [0.15, 0.2) is 5.78 Å². The number of carboxylic acid groups (broad SMARTS) is 2. The first-order chi connectivity index (χ1) is 10.8. The summed E-state index contributed by atoms with van der Waals surface area (Å²) in [6.07, 6.45) is 3.54. The number of hydrogen-bond acceptors (Lipinski definition) is 4. The predicted molar refractivity (Wildman–Crippen MR) is 85.5 cm³/mol. The van der Waals surface area contributed by atoms with E-state index in [4.69, 9.17) is 10.2 Å². The second-order valence-corrected chi connectivity index (χ2v) is 5.40. The van der Waals surface area contributed by atoms with Crippen LogP contribution in [-0.2, 0) is 9.59 Å². The molecule has 0 spiro atoms. The average Bonchev–Trinajstić information content (AvgIpc) is 3.30. The fourth-order valence-electron chi connectivity index (χ4n) is 1.79. The molecule has 3 N–H and O–H groups in total. The van der Waals surface area contributed by atoms with E-state index in [-0.39, 0.29) is 11.8 Å². The smallest absolute Gasteiger partial charge is 0.328 e. The van der Waals surface area contributed by atoms with Gasteiger partial charge in [0.2, 0.25) is 0 Å². The van der Waals surface area contributed by atoms with Crippen molar-refractivity contribution in [1.29, 1.82) is 0 Å². The van der Waals surface area contributed by atoms with Crippen molar-refractivity contribution in [2.75, 3.05) is 0 Å². The first-order valence-electron chi connectivity index (χ1n) is 7.30. The van der Waals surface area contributed by atoms with Crippen LogP contribution in [-0.4, -0.2) is 40.0 Å². The van der Waals surface area contributed by atoms with Gasteiger partial charge < -0.3 is 15.5 Å². The molecule has 0 aromatic heterocycles. The Morgan fingerprint density at radius 1 is 1.09 bits per heavy atom. The topological polar surface area (TPSA) is 104 Å². The molecule has 0 aliphatic heterocycles. The van der Waals surface area contributed by atoms with E-state index in [1.54, 1.807) is 0 Å². The van der Waals surface area contributed by atoms with E-state index in [0.29, 0.717) is 18.2 Å². The molecule has 1 aromatic carbocycles. The van der Waals surface area contributed by atoms with E-state index in [9.17, 15) is 14.4 Å². The third-order valence-corrected chi connectivity index (χ3v) is 3.16. The van der Waals surface area contributed by atoms with E-state index in [1.807, 2.05) is 38.1 Å². The van der Waals surface area contributed by atoms with E-state index in [2.05, 4.69) is 5.32 Å². The van der Waals surface area contributed by atoms with Crippen LogP contribution in [0, 0.1) is 6.92 Å². The number of aliphatic carboxylic acids is 2. The monoisotopic (exact) mass is 319 g/mol. The molecule has 0 heterocycles. The number of carbonyl (C=O) groups is 3. The van der Waals surface area contributed by atoms with Gasteiger partial charge in [-0.25, -0.2) is 9.59 Å². The lowest BCUT2D eigenvalue weighted by Crippen LogP contribution is -2.35. The molecule has 23 heavy (non-hydrogen) atoms. The molecule has 1 saturated carbocycles. The quantitative estimate of drug-likeness (QED) is 0.547. The highest BCUT2D eigenvalue weighted by Gasteiger charge is 2.25. The Hall–Kier alpha value is -2.47. The fraction of sp³-hybridized carbons (Fsp3) is 0.353. The summed E-state index contributed by atoms with van der Waals surface area (Å²) in [7, 11) is 0. The van der Waals surface area contributed by atoms with Crippen molar-refractivity contribution in [1.82, 2.24) is 5.32 Å². The Labute approximate surface area is 134 Å². The number of benzene rings is 1. The van der Waals surface area contributed by atoms with Crippen molar-refractivity contribution in [2.45, 2.75) is 38.8 Å². The van der Waals surface area contributed by atoms with Crippen molar-refractivity contribution < 1.29 is 24.6 Å². The Kier molecular flexibility index (Phi) is 7.15. The van der Waals surface area contributed by atoms with Crippen LogP contribution in [0.15, 0.2) is 36.4 Å². The maximum Gasteiger partial charge on any atom is 0.328 e. The molecule has 1 aliphatic rings. The van der Waals surface area contributed by atoms with Crippen LogP contribution in [0.2, 0.25) is 0 Å². The number of aryl methyl sites for hydroxylation is 1. The SMILES string of the molecule is Cc1ccc(C(=O)C(C)NC2CC2)cc1.O=C(O)/C=C/C(=O)O. The Morgan fingerprint density at radius 2 is 1.57 bits per heavy atom. The zero-order chi connectivity index (χ0) is 17.4. The fourth-order valence-corrected chi connectivity index (χ4v) is 1.79. The van der Waals surface area contributed by atoms with E-state index < -0.39 is 11.9 Å². The number of carboxylic acids is 2. The van der Waals surface area contributed by atoms with Crippen LogP contribution in [0.25, 0.3) is 0 Å². The van der Waals surface area contributed by atoms with Crippen molar-refractivity contribution in [2.24, 2.45) is 0 Å². The van der Waals surface area contributed by atoms with Gasteiger partial charge in [-0.3, -0.25) is 4.79 Å². The molecule has 1 unspecified atom stereocenters. The van der Waals surface area contributed by atoms with Gasteiger partial charge in [-0.15, -0.1) is 0 Å². The summed E-state index contributed by atoms with van der Waals surface area (Å²) in [5.74, 6) is -2.32. The number of hydrogen-bond donors (Lipinski definition) is 3. The van der Waals surface area contributed by atoms with Gasteiger partial charge in [0.05, 0.1) is 6.04 Å². The average molecular weight is 319 g/mol. The third-order valence-electron chi connectivity index (χ3n) is 3.16. The zero-order valence-corrected chi connectivity index (χ0v) is 13.2.